The van der Waals surface area contributed by atoms with Crippen LogP contribution in [0.15, 0.2) is 47.4 Å². The van der Waals surface area contributed by atoms with Crippen LogP contribution in [-0.4, -0.2) is 20.9 Å². The molecule has 0 aromatic heterocycles. The number of sulfonamides is 1. The van der Waals surface area contributed by atoms with Gasteiger partial charge in [0.05, 0.1) is 10.5 Å². The van der Waals surface area contributed by atoms with Gasteiger partial charge in [-0.1, -0.05) is 18.2 Å². The van der Waals surface area contributed by atoms with Crippen molar-refractivity contribution < 1.29 is 26.4 Å². The molecule has 9 heteroatoms. The van der Waals surface area contributed by atoms with Crippen LogP contribution in [0.4, 0.5) is 13.2 Å². The second kappa shape index (κ2) is 8.10. The van der Waals surface area contributed by atoms with Gasteiger partial charge in [0.15, 0.2) is 0 Å². The quantitative estimate of drug-likeness (QED) is 0.782. The minimum Gasteiger partial charge on any atom is -0.352 e. The molecular formula is C18H19F3N2O3S. The van der Waals surface area contributed by atoms with Crippen LogP contribution >= 0.6 is 0 Å². The fraction of sp³-hybridized carbons (Fsp3) is 0.278. The van der Waals surface area contributed by atoms with E-state index in [1.165, 1.54) is 6.92 Å². The second-order valence-electron chi connectivity index (χ2n) is 5.86. The highest BCUT2D eigenvalue weighted by molar-refractivity contribution is 7.89. The third kappa shape index (κ3) is 5.30. The van der Waals surface area contributed by atoms with E-state index in [9.17, 15) is 26.4 Å². The number of halogens is 3. The lowest BCUT2D eigenvalue weighted by Crippen LogP contribution is -2.24. The maximum absolute atomic E-state index is 13.0. The molecule has 0 atom stereocenters. The summed E-state index contributed by atoms with van der Waals surface area (Å²) in [5, 5.41) is 2.64. The molecule has 0 aliphatic carbocycles. The van der Waals surface area contributed by atoms with E-state index in [-0.39, 0.29) is 18.0 Å². The Kier molecular flexibility index (Phi) is 6.27. The van der Waals surface area contributed by atoms with Gasteiger partial charge >= 0.3 is 6.18 Å². The lowest BCUT2D eigenvalue weighted by molar-refractivity contribution is -0.138. The molecule has 0 saturated heterocycles. The number of hydrogen-bond acceptors (Lipinski definition) is 3. The normalized spacial score (nSPS) is 12.0. The Balaban J connectivity index is 2.14. The first kappa shape index (κ1) is 20.9. The van der Waals surface area contributed by atoms with Crippen LogP contribution in [-0.2, 0) is 22.7 Å². The van der Waals surface area contributed by atoms with Crippen molar-refractivity contribution in [2.75, 3.05) is 6.54 Å². The smallest absolute Gasteiger partial charge is 0.352 e. The van der Waals surface area contributed by atoms with Crippen molar-refractivity contribution >= 4 is 15.9 Å². The number of carbonyl (C=O) groups is 1. The standard InChI is InChI=1S/C18H19F3N2O3S/c1-3-22-17(24)14-7-5-13(6-8-14)11-23-27(25,26)15-9-4-12(2)16(10-15)18(19,20)21/h4-10,23H,3,11H2,1-2H3,(H,22,24). The molecule has 146 valence electrons. The van der Waals surface area contributed by atoms with Gasteiger partial charge in [-0.2, -0.15) is 13.2 Å². The fourth-order valence-electron chi connectivity index (χ4n) is 2.37. The molecule has 0 bridgehead atoms. The number of rotatable bonds is 6. The highest BCUT2D eigenvalue weighted by Crippen LogP contribution is 2.33. The van der Waals surface area contributed by atoms with Gasteiger partial charge in [-0.25, -0.2) is 13.1 Å². The minimum absolute atomic E-state index is 0.0533. The van der Waals surface area contributed by atoms with Crippen LogP contribution in [0.3, 0.4) is 0 Å². The summed E-state index contributed by atoms with van der Waals surface area (Å²) in [5.74, 6) is -0.246. The van der Waals surface area contributed by atoms with Crippen LogP contribution in [0.2, 0.25) is 0 Å². The summed E-state index contributed by atoms with van der Waals surface area (Å²) in [6.45, 7) is 3.42. The van der Waals surface area contributed by atoms with Gasteiger partial charge in [0.2, 0.25) is 10.0 Å². The molecule has 2 rings (SSSR count). The molecule has 0 heterocycles. The number of alkyl halides is 3. The van der Waals surface area contributed by atoms with Gasteiger partial charge in [-0.3, -0.25) is 4.79 Å². The molecule has 0 saturated carbocycles. The number of aryl methyl sites for hydroxylation is 1. The zero-order valence-corrected chi connectivity index (χ0v) is 15.5. The zero-order valence-electron chi connectivity index (χ0n) is 14.7. The molecule has 0 unspecified atom stereocenters. The van der Waals surface area contributed by atoms with Crippen molar-refractivity contribution in [3.05, 3.63) is 64.7 Å². The predicted octanol–water partition coefficient (Wildman–Crippen LogP) is 3.24. The summed E-state index contributed by atoms with van der Waals surface area (Å²) in [6.07, 6.45) is -4.63. The molecule has 0 fully saturated rings. The molecule has 0 aliphatic heterocycles. The number of carbonyl (C=O) groups excluding carboxylic acids is 1. The van der Waals surface area contributed by atoms with Gasteiger partial charge in [0, 0.05) is 18.7 Å². The van der Waals surface area contributed by atoms with Crippen LogP contribution < -0.4 is 10.0 Å². The van der Waals surface area contributed by atoms with E-state index < -0.39 is 26.7 Å². The largest absolute Gasteiger partial charge is 0.416 e. The zero-order chi connectivity index (χ0) is 20.2. The second-order valence-corrected chi connectivity index (χ2v) is 7.62. The topological polar surface area (TPSA) is 75.3 Å². The predicted molar refractivity (Wildman–Crippen MR) is 94.7 cm³/mol. The summed E-state index contributed by atoms with van der Waals surface area (Å²) in [5.41, 5.74) is -0.0503. The number of nitrogens with one attached hydrogen (secondary N) is 2. The van der Waals surface area contributed by atoms with Crippen LogP contribution in [0, 0.1) is 6.92 Å². The average Bonchev–Trinajstić information content (AvgIpc) is 2.60. The van der Waals surface area contributed by atoms with Crippen LogP contribution in [0.1, 0.15) is 34.0 Å². The van der Waals surface area contributed by atoms with Crippen LogP contribution in [0.25, 0.3) is 0 Å². The first-order valence-corrected chi connectivity index (χ1v) is 9.57. The van der Waals surface area contributed by atoms with E-state index in [0.717, 1.165) is 12.1 Å². The lowest BCUT2D eigenvalue weighted by atomic mass is 10.1. The van der Waals surface area contributed by atoms with Crippen molar-refractivity contribution in [3.8, 4) is 0 Å². The summed E-state index contributed by atoms with van der Waals surface area (Å²) in [4.78, 5) is 11.2. The summed E-state index contributed by atoms with van der Waals surface area (Å²) in [7, 11) is -4.12. The molecule has 0 spiro atoms. The summed E-state index contributed by atoms with van der Waals surface area (Å²) < 4.78 is 65.8. The maximum atomic E-state index is 13.0. The van der Waals surface area contributed by atoms with Gasteiger partial charge in [-0.15, -0.1) is 0 Å². The van der Waals surface area contributed by atoms with Gasteiger partial charge in [0.25, 0.3) is 5.91 Å². The molecular weight excluding hydrogens is 381 g/mol. The number of amides is 1. The molecule has 5 nitrogen and oxygen atoms in total. The molecule has 27 heavy (non-hydrogen) atoms. The lowest BCUT2D eigenvalue weighted by Gasteiger charge is -2.13. The Hall–Kier alpha value is -2.39. The van der Waals surface area contributed by atoms with Gasteiger partial charge in [0.1, 0.15) is 0 Å². The molecule has 2 N–H and O–H groups in total. The molecule has 2 aromatic carbocycles. The highest BCUT2D eigenvalue weighted by Gasteiger charge is 2.33. The van der Waals surface area contributed by atoms with Crippen molar-refractivity contribution in [1.29, 1.82) is 0 Å². The SMILES string of the molecule is CCNC(=O)c1ccc(CNS(=O)(=O)c2ccc(C)c(C(F)(F)F)c2)cc1. The van der Waals surface area contributed by atoms with E-state index >= 15 is 0 Å². The number of hydrogen-bond donors (Lipinski definition) is 2. The van der Waals surface area contributed by atoms with Gasteiger partial charge in [-0.05, 0) is 49.2 Å². The minimum atomic E-state index is -4.63. The van der Waals surface area contributed by atoms with Crippen molar-refractivity contribution in [3.63, 3.8) is 0 Å². The third-order valence-electron chi connectivity index (χ3n) is 3.84. The van der Waals surface area contributed by atoms with E-state index in [1.54, 1.807) is 31.2 Å². The first-order chi connectivity index (χ1) is 12.5. The number of benzene rings is 2. The molecule has 1 amide bonds. The third-order valence-corrected chi connectivity index (χ3v) is 5.24. The van der Waals surface area contributed by atoms with E-state index in [4.69, 9.17) is 0 Å². The Bertz CT molecular complexity index is 924. The first-order valence-electron chi connectivity index (χ1n) is 8.09. The van der Waals surface area contributed by atoms with Crippen molar-refractivity contribution in [1.82, 2.24) is 10.0 Å². The highest BCUT2D eigenvalue weighted by atomic mass is 32.2. The molecule has 0 aliphatic rings. The summed E-state index contributed by atoms with van der Waals surface area (Å²) >= 11 is 0. The van der Waals surface area contributed by atoms with E-state index in [0.29, 0.717) is 23.7 Å². The molecule has 2 aromatic rings. The maximum Gasteiger partial charge on any atom is 0.416 e. The van der Waals surface area contributed by atoms with E-state index in [2.05, 4.69) is 10.0 Å². The van der Waals surface area contributed by atoms with Gasteiger partial charge < -0.3 is 5.32 Å². The Labute approximate surface area is 155 Å². The monoisotopic (exact) mass is 400 g/mol. The molecule has 0 radical (unpaired) electrons. The Morgan fingerprint density at radius 3 is 2.26 bits per heavy atom. The van der Waals surface area contributed by atoms with Crippen molar-refractivity contribution in [2.24, 2.45) is 0 Å². The summed E-state index contributed by atoms with van der Waals surface area (Å²) in [6, 6.07) is 9.11. The Morgan fingerprint density at radius 1 is 1.07 bits per heavy atom. The van der Waals surface area contributed by atoms with Crippen LogP contribution in [0.5, 0.6) is 0 Å². The average molecular weight is 400 g/mol. The fourth-order valence-corrected chi connectivity index (χ4v) is 3.42. The van der Waals surface area contributed by atoms with Crippen molar-refractivity contribution in [2.45, 2.75) is 31.5 Å². The Morgan fingerprint density at radius 2 is 1.70 bits per heavy atom. The van der Waals surface area contributed by atoms with E-state index in [1.807, 2.05) is 0 Å².